The average Bonchev–Trinajstić information content (AvgIpc) is 2.91. The van der Waals surface area contributed by atoms with Gasteiger partial charge in [-0.25, -0.2) is 9.97 Å². The molecular weight excluding hydrogens is 282 g/mol. The van der Waals surface area contributed by atoms with E-state index in [1.54, 1.807) is 24.3 Å². The molecule has 0 saturated heterocycles. The van der Waals surface area contributed by atoms with Crippen molar-refractivity contribution in [1.29, 1.82) is 0 Å². The molecule has 2 aromatic heterocycles. The Bertz CT molecular complexity index is 854. The number of aromatic nitrogens is 4. The third-order valence-corrected chi connectivity index (χ3v) is 3.01. The smallest absolute Gasteiger partial charge is 0.297 e. The minimum absolute atomic E-state index is 0.0386. The first-order valence-electron chi connectivity index (χ1n) is 5.64. The Morgan fingerprint density at radius 3 is 2.90 bits per heavy atom. The second kappa shape index (κ2) is 4.78. The third kappa shape index (κ3) is 2.04. The van der Waals surface area contributed by atoms with E-state index in [1.165, 1.54) is 12.5 Å². The topological polar surface area (TPSA) is 92.2 Å². The molecule has 1 amide bonds. The first-order chi connectivity index (χ1) is 9.66. The van der Waals surface area contributed by atoms with Gasteiger partial charge < -0.3 is 5.32 Å². The highest BCUT2D eigenvalue weighted by molar-refractivity contribution is 6.34. The predicted molar refractivity (Wildman–Crippen MR) is 73.0 cm³/mol. The highest BCUT2D eigenvalue weighted by atomic mass is 35.5. The molecule has 3 rings (SSSR count). The molecule has 0 fully saturated rings. The molecular formula is C12H8ClN5O2. The molecule has 100 valence electrons. The van der Waals surface area contributed by atoms with Crippen LogP contribution in [0.5, 0.6) is 0 Å². The van der Waals surface area contributed by atoms with Crippen molar-refractivity contribution in [3.05, 3.63) is 57.7 Å². The number of nitrogens with zero attached hydrogens (tertiary/aromatic N) is 3. The summed E-state index contributed by atoms with van der Waals surface area (Å²) in [6.07, 6.45) is 2.59. The summed E-state index contributed by atoms with van der Waals surface area (Å²) >= 11 is 5.93. The zero-order valence-electron chi connectivity index (χ0n) is 10.0. The number of hydrogen-bond donors (Lipinski definition) is 2. The van der Waals surface area contributed by atoms with E-state index < -0.39 is 11.5 Å². The number of aromatic amines is 1. The van der Waals surface area contributed by atoms with Gasteiger partial charge in [0.1, 0.15) is 12.0 Å². The van der Waals surface area contributed by atoms with E-state index in [2.05, 4.69) is 20.4 Å². The van der Waals surface area contributed by atoms with Crippen LogP contribution >= 0.6 is 11.6 Å². The van der Waals surface area contributed by atoms with Crippen LogP contribution in [0.25, 0.3) is 5.78 Å². The van der Waals surface area contributed by atoms with Gasteiger partial charge in [-0.3, -0.25) is 14.7 Å². The second-order valence-electron chi connectivity index (χ2n) is 3.93. The second-order valence-corrected chi connectivity index (χ2v) is 4.34. The van der Waals surface area contributed by atoms with Crippen molar-refractivity contribution in [2.24, 2.45) is 0 Å². The molecule has 0 aliphatic heterocycles. The number of nitrogens with one attached hydrogen (secondary N) is 2. The lowest BCUT2D eigenvalue weighted by atomic mass is 10.2. The molecule has 0 spiro atoms. The molecule has 0 aliphatic carbocycles. The van der Waals surface area contributed by atoms with Crippen LogP contribution in [-0.2, 0) is 0 Å². The van der Waals surface area contributed by atoms with Crippen LogP contribution in [0.15, 0.2) is 41.6 Å². The fraction of sp³-hybridized carbons (Fsp3) is 0. The number of rotatable bonds is 2. The number of H-pyrrole nitrogens is 1. The van der Waals surface area contributed by atoms with E-state index in [-0.39, 0.29) is 17.0 Å². The van der Waals surface area contributed by atoms with Crippen molar-refractivity contribution in [3.8, 4) is 0 Å². The zero-order chi connectivity index (χ0) is 14.1. The highest BCUT2D eigenvalue weighted by Gasteiger charge is 2.13. The van der Waals surface area contributed by atoms with Gasteiger partial charge in [0.2, 0.25) is 0 Å². The lowest BCUT2D eigenvalue weighted by Crippen LogP contribution is -2.23. The summed E-state index contributed by atoms with van der Waals surface area (Å²) in [7, 11) is 0. The summed E-state index contributed by atoms with van der Waals surface area (Å²) in [6.45, 7) is 0. The van der Waals surface area contributed by atoms with Gasteiger partial charge in [-0.2, -0.15) is 4.52 Å². The van der Waals surface area contributed by atoms with Crippen molar-refractivity contribution in [2.45, 2.75) is 0 Å². The van der Waals surface area contributed by atoms with Crippen LogP contribution in [0.4, 0.5) is 5.69 Å². The fourth-order valence-electron chi connectivity index (χ4n) is 1.72. The summed E-state index contributed by atoms with van der Waals surface area (Å²) in [4.78, 5) is 31.9. The number of hydrogen-bond acceptors (Lipinski definition) is 4. The summed E-state index contributed by atoms with van der Waals surface area (Å²) in [5.41, 5.74) is -0.132. The zero-order valence-corrected chi connectivity index (χ0v) is 10.8. The lowest BCUT2D eigenvalue weighted by molar-refractivity contribution is 0.102. The Labute approximate surface area is 117 Å². The third-order valence-electron chi connectivity index (χ3n) is 2.68. The molecule has 0 aliphatic rings. The lowest BCUT2D eigenvalue weighted by Gasteiger charge is -2.05. The van der Waals surface area contributed by atoms with Crippen LogP contribution in [0.3, 0.4) is 0 Å². The maximum Gasteiger partial charge on any atom is 0.297 e. The van der Waals surface area contributed by atoms with Gasteiger partial charge in [0.25, 0.3) is 17.2 Å². The molecule has 3 aromatic rings. The van der Waals surface area contributed by atoms with E-state index in [0.29, 0.717) is 5.02 Å². The summed E-state index contributed by atoms with van der Waals surface area (Å²) in [5, 5.41) is 5.39. The van der Waals surface area contributed by atoms with Crippen LogP contribution in [0.1, 0.15) is 10.4 Å². The first-order valence-corrected chi connectivity index (χ1v) is 6.01. The van der Waals surface area contributed by atoms with Gasteiger partial charge in [0.15, 0.2) is 0 Å². The number of anilines is 1. The molecule has 7 nitrogen and oxygen atoms in total. The van der Waals surface area contributed by atoms with Crippen LogP contribution in [0.2, 0.25) is 5.02 Å². The Kier molecular flexibility index (Phi) is 2.96. The number of carbonyl (C=O) groups is 1. The average molecular weight is 290 g/mol. The van der Waals surface area contributed by atoms with Gasteiger partial charge in [-0.15, -0.1) is 0 Å². The van der Waals surface area contributed by atoms with Gasteiger partial charge in [-0.05, 0) is 12.1 Å². The molecule has 0 atom stereocenters. The fourth-order valence-corrected chi connectivity index (χ4v) is 1.94. The van der Waals surface area contributed by atoms with Gasteiger partial charge in [0, 0.05) is 0 Å². The molecule has 2 N–H and O–H groups in total. The molecule has 0 bridgehead atoms. The Balaban J connectivity index is 1.97. The number of halogens is 1. The molecule has 20 heavy (non-hydrogen) atoms. The summed E-state index contributed by atoms with van der Waals surface area (Å²) in [5.74, 6) is -0.250. The number of benzene rings is 1. The van der Waals surface area contributed by atoms with Crippen LogP contribution < -0.4 is 10.9 Å². The molecule has 0 saturated carbocycles. The summed E-state index contributed by atoms with van der Waals surface area (Å²) in [6, 6.07) is 6.56. The van der Waals surface area contributed by atoms with Gasteiger partial charge in [-0.1, -0.05) is 23.7 Å². The largest absolute Gasteiger partial charge is 0.316 e. The van der Waals surface area contributed by atoms with E-state index in [9.17, 15) is 9.59 Å². The van der Waals surface area contributed by atoms with E-state index in [1.807, 2.05) is 0 Å². The van der Waals surface area contributed by atoms with Crippen molar-refractivity contribution in [1.82, 2.24) is 19.6 Å². The molecule has 0 unspecified atom stereocenters. The predicted octanol–water partition coefficient (Wildman–Crippen LogP) is 1.32. The minimum Gasteiger partial charge on any atom is -0.316 e. The maximum atomic E-state index is 12.1. The van der Waals surface area contributed by atoms with Crippen molar-refractivity contribution in [2.75, 3.05) is 5.32 Å². The number of amides is 1. The van der Waals surface area contributed by atoms with Crippen molar-refractivity contribution >= 4 is 29.0 Å². The molecule has 0 radical (unpaired) electrons. The normalized spacial score (nSPS) is 10.7. The SMILES string of the molecule is O=C(Nc1cnc2nc[nH]n2c1=O)c1ccccc1Cl. The monoisotopic (exact) mass is 289 g/mol. The standard InChI is InChI=1S/C12H8ClN5O2/c13-8-4-2-1-3-7(8)10(19)17-9-5-14-12-15-6-16-18(12)11(9)20/h1-6H,(H,17,19)(H,14,15,16). The molecule has 1 aromatic carbocycles. The van der Waals surface area contributed by atoms with E-state index >= 15 is 0 Å². The van der Waals surface area contributed by atoms with E-state index in [4.69, 9.17) is 11.6 Å². The Hall–Kier alpha value is -2.67. The number of carbonyl (C=O) groups excluding carboxylic acids is 1. The highest BCUT2D eigenvalue weighted by Crippen LogP contribution is 2.15. The summed E-state index contributed by atoms with van der Waals surface area (Å²) < 4.78 is 1.13. The maximum absolute atomic E-state index is 12.1. The minimum atomic E-state index is -0.478. The van der Waals surface area contributed by atoms with Gasteiger partial charge >= 0.3 is 0 Å². The Morgan fingerprint density at radius 2 is 2.10 bits per heavy atom. The molecule has 8 heteroatoms. The van der Waals surface area contributed by atoms with Crippen molar-refractivity contribution < 1.29 is 4.79 Å². The van der Waals surface area contributed by atoms with Crippen LogP contribution in [0, 0.1) is 0 Å². The first kappa shape index (κ1) is 12.4. The van der Waals surface area contributed by atoms with Crippen molar-refractivity contribution in [3.63, 3.8) is 0 Å². The van der Waals surface area contributed by atoms with Gasteiger partial charge in [0.05, 0.1) is 16.8 Å². The quantitative estimate of drug-likeness (QED) is 0.744. The molecule has 2 heterocycles. The number of fused-ring (bicyclic) bond motifs is 1. The van der Waals surface area contributed by atoms with Crippen LogP contribution in [-0.4, -0.2) is 25.5 Å². The Morgan fingerprint density at radius 1 is 1.30 bits per heavy atom. The van der Waals surface area contributed by atoms with E-state index in [0.717, 1.165) is 4.52 Å².